The molecule has 0 aliphatic heterocycles. The van der Waals surface area contributed by atoms with Gasteiger partial charge in [0.15, 0.2) is 12.3 Å². The molecule has 3 aromatic rings. The summed E-state index contributed by atoms with van der Waals surface area (Å²) in [5.74, 6) is -1.59. The maximum Gasteiger partial charge on any atom is 0.331 e. The molecular formula is C25H29N5O6. The van der Waals surface area contributed by atoms with Gasteiger partial charge in [0.25, 0.3) is 11.5 Å². The smallest absolute Gasteiger partial charge is 0.331 e. The predicted molar refractivity (Wildman–Crippen MR) is 137 cm³/mol. The largest absolute Gasteiger partial charge is 0.452 e. The Morgan fingerprint density at radius 2 is 2.00 bits per heavy atom. The Kier molecular flexibility index (Phi) is 9.12. The number of aromatic nitrogens is 3. The number of para-hydroxylation sites is 1. The van der Waals surface area contributed by atoms with Gasteiger partial charge in [-0.25, -0.2) is 9.59 Å². The molecule has 0 fully saturated rings. The number of nitrogens with zero attached hydrogens (tertiary/aromatic N) is 3. The Morgan fingerprint density at radius 3 is 2.75 bits per heavy atom. The number of nitrogens with two attached hydrogens (primary N) is 1. The molecule has 0 aliphatic carbocycles. The number of unbranched alkanes of at least 4 members (excludes halogenated alkanes) is 1. The Balaban J connectivity index is 1.78. The van der Waals surface area contributed by atoms with Crippen molar-refractivity contribution in [2.45, 2.75) is 26.3 Å². The van der Waals surface area contributed by atoms with Gasteiger partial charge in [0, 0.05) is 43.4 Å². The number of anilines is 2. The second-order valence-electron chi connectivity index (χ2n) is 7.90. The van der Waals surface area contributed by atoms with Crippen LogP contribution < -0.4 is 21.9 Å². The van der Waals surface area contributed by atoms with Crippen LogP contribution in [0.3, 0.4) is 0 Å². The van der Waals surface area contributed by atoms with Crippen LogP contribution in [0, 0.1) is 0 Å². The number of carbonyl (C=O) groups is 2. The molecule has 3 rings (SSSR count). The monoisotopic (exact) mass is 495 g/mol. The number of carbonyl (C=O) groups excluding carboxylic acids is 2. The van der Waals surface area contributed by atoms with Gasteiger partial charge in [-0.1, -0.05) is 37.6 Å². The van der Waals surface area contributed by atoms with Crippen molar-refractivity contribution in [3.8, 4) is 0 Å². The molecule has 1 amide bonds. The first-order valence-corrected chi connectivity index (χ1v) is 11.5. The van der Waals surface area contributed by atoms with Crippen molar-refractivity contribution in [2.24, 2.45) is 0 Å². The van der Waals surface area contributed by atoms with E-state index in [1.165, 1.54) is 17.8 Å². The molecule has 11 nitrogen and oxygen atoms in total. The number of esters is 1. The molecule has 1 aromatic carbocycles. The van der Waals surface area contributed by atoms with Gasteiger partial charge in [0.05, 0.1) is 12.1 Å². The van der Waals surface area contributed by atoms with E-state index in [0.717, 1.165) is 22.2 Å². The maximum absolute atomic E-state index is 13.0. The molecular weight excluding hydrogens is 466 g/mol. The number of H-pyrrole nitrogens is 1. The number of aromatic amines is 1. The lowest BCUT2D eigenvalue weighted by molar-refractivity contribution is -0.142. The van der Waals surface area contributed by atoms with E-state index in [9.17, 15) is 19.2 Å². The van der Waals surface area contributed by atoms with Gasteiger partial charge < -0.3 is 15.2 Å². The molecule has 190 valence electrons. The number of nitrogen functional groups attached to an aromatic ring is 1. The van der Waals surface area contributed by atoms with Crippen molar-refractivity contribution in [1.82, 2.24) is 14.5 Å². The minimum atomic E-state index is -0.815. The van der Waals surface area contributed by atoms with E-state index in [0.29, 0.717) is 12.0 Å². The maximum atomic E-state index is 13.0. The van der Waals surface area contributed by atoms with E-state index in [1.807, 2.05) is 31.2 Å². The summed E-state index contributed by atoms with van der Waals surface area (Å²) in [6.07, 6.45) is 5.85. The van der Waals surface area contributed by atoms with Crippen LogP contribution in [-0.4, -0.2) is 53.3 Å². The van der Waals surface area contributed by atoms with Crippen LogP contribution in [0.2, 0.25) is 0 Å². The lowest BCUT2D eigenvalue weighted by Gasteiger charge is -2.24. The van der Waals surface area contributed by atoms with Gasteiger partial charge in [-0.15, -0.1) is 0 Å². The average Bonchev–Trinajstić information content (AvgIpc) is 2.87. The fourth-order valence-electron chi connectivity index (χ4n) is 3.60. The normalized spacial score (nSPS) is 11.2. The van der Waals surface area contributed by atoms with Crippen LogP contribution in [0.25, 0.3) is 17.0 Å². The molecule has 0 aliphatic rings. The molecule has 36 heavy (non-hydrogen) atoms. The topological polar surface area (TPSA) is 150 Å². The first kappa shape index (κ1) is 26.4. The van der Waals surface area contributed by atoms with E-state index < -0.39 is 29.7 Å². The first-order chi connectivity index (χ1) is 17.4. The molecule has 0 unspecified atom stereocenters. The zero-order valence-corrected chi connectivity index (χ0v) is 20.2. The molecule has 2 heterocycles. The summed E-state index contributed by atoms with van der Waals surface area (Å²) in [5.41, 5.74) is 5.90. The summed E-state index contributed by atoms with van der Waals surface area (Å²) < 4.78 is 11.4. The van der Waals surface area contributed by atoms with E-state index in [2.05, 4.69) is 9.97 Å². The lowest BCUT2D eigenvalue weighted by atomic mass is 10.1. The number of amides is 1. The number of ether oxygens (including phenoxy) is 2. The molecule has 0 saturated heterocycles. The molecule has 3 N–H and O–H groups in total. The minimum Gasteiger partial charge on any atom is -0.452 e. The van der Waals surface area contributed by atoms with Crippen molar-refractivity contribution >= 4 is 40.4 Å². The standard InChI is InChI=1S/C25H29N5O6/c1-3-4-13-30-23(26)22(24(33)28-25(30)34)29(14-15-35-2)19(31)16-36-20(32)11-10-18-8-5-7-17-9-6-12-27-21(17)18/h5-12H,3-4,13-16,26H2,1-2H3,(H,28,33,34)/b11-10+. The number of hydrogen-bond donors (Lipinski definition) is 2. The van der Waals surface area contributed by atoms with Crippen LogP contribution in [0.4, 0.5) is 11.5 Å². The highest BCUT2D eigenvalue weighted by atomic mass is 16.5. The molecule has 2 aromatic heterocycles. The number of fused-ring (bicyclic) bond motifs is 1. The van der Waals surface area contributed by atoms with E-state index in [4.69, 9.17) is 15.2 Å². The van der Waals surface area contributed by atoms with Crippen LogP contribution >= 0.6 is 0 Å². The van der Waals surface area contributed by atoms with E-state index >= 15 is 0 Å². The minimum absolute atomic E-state index is 0.0380. The van der Waals surface area contributed by atoms with Gasteiger partial charge in [0.2, 0.25) is 0 Å². The quantitative estimate of drug-likeness (QED) is 0.301. The Labute approximate surface area is 207 Å². The molecule has 0 spiro atoms. The first-order valence-electron chi connectivity index (χ1n) is 11.5. The molecule has 0 bridgehead atoms. The highest BCUT2D eigenvalue weighted by Crippen LogP contribution is 2.18. The summed E-state index contributed by atoms with van der Waals surface area (Å²) in [5, 5.41) is 0.917. The van der Waals surface area contributed by atoms with Gasteiger partial charge in [0.1, 0.15) is 5.82 Å². The summed E-state index contributed by atoms with van der Waals surface area (Å²) >= 11 is 0. The number of hydrogen-bond acceptors (Lipinski definition) is 8. The fourth-order valence-corrected chi connectivity index (χ4v) is 3.60. The zero-order valence-electron chi connectivity index (χ0n) is 20.2. The van der Waals surface area contributed by atoms with Crippen LogP contribution in [0.15, 0.2) is 52.2 Å². The fraction of sp³-hybridized carbons (Fsp3) is 0.320. The van der Waals surface area contributed by atoms with Gasteiger partial charge in [-0.2, -0.15) is 0 Å². The number of rotatable bonds is 11. The van der Waals surface area contributed by atoms with Crippen molar-refractivity contribution in [3.05, 3.63) is 69.0 Å². The molecule has 11 heteroatoms. The van der Waals surface area contributed by atoms with Crippen LogP contribution in [0.5, 0.6) is 0 Å². The zero-order chi connectivity index (χ0) is 26.1. The molecule has 0 saturated carbocycles. The summed E-state index contributed by atoms with van der Waals surface area (Å²) in [6, 6.07) is 9.28. The van der Waals surface area contributed by atoms with E-state index in [-0.39, 0.29) is 31.2 Å². The highest BCUT2D eigenvalue weighted by molar-refractivity contribution is 5.98. The predicted octanol–water partition coefficient (Wildman–Crippen LogP) is 1.70. The van der Waals surface area contributed by atoms with Crippen LogP contribution in [-0.2, 0) is 25.6 Å². The highest BCUT2D eigenvalue weighted by Gasteiger charge is 2.24. The SMILES string of the molecule is CCCCn1c(N)c(N(CCOC)C(=O)COC(=O)/C=C/c2cccc3cccnc23)c(=O)[nH]c1=O. The lowest BCUT2D eigenvalue weighted by Crippen LogP contribution is -2.44. The summed E-state index contributed by atoms with van der Waals surface area (Å²) in [6.45, 7) is 1.62. The molecule has 0 atom stereocenters. The summed E-state index contributed by atoms with van der Waals surface area (Å²) in [7, 11) is 1.44. The third-order valence-electron chi connectivity index (χ3n) is 5.44. The van der Waals surface area contributed by atoms with Crippen molar-refractivity contribution < 1.29 is 19.1 Å². The third-order valence-corrected chi connectivity index (χ3v) is 5.44. The Morgan fingerprint density at radius 1 is 1.22 bits per heavy atom. The van der Waals surface area contributed by atoms with Crippen LogP contribution in [0.1, 0.15) is 25.3 Å². The second kappa shape index (κ2) is 12.5. The summed E-state index contributed by atoms with van der Waals surface area (Å²) in [4.78, 5) is 57.7. The number of pyridine rings is 1. The number of benzene rings is 1. The van der Waals surface area contributed by atoms with Gasteiger partial charge >= 0.3 is 11.7 Å². The average molecular weight is 496 g/mol. The van der Waals surface area contributed by atoms with Crippen molar-refractivity contribution in [1.29, 1.82) is 0 Å². The number of methoxy groups -OCH3 is 1. The van der Waals surface area contributed by atoms with Crippen molar-refractivity contribution in [3.63, 3.8) is 0 Å². The van der Waals surface area contributed by atoms with Gasteiger partial charge in [-0.3, -0.25) is 29.0 Å². The Hall–Kier alpha value is -4.25. The molecule has 0 radical (unpaired) electrons. The van der Waals surface area contributed by atoms with Crippen molar-refractivity contribution in [2.75, 3.05) is 37.5 Å². The Bertz CT molecular complexity index is 1370. The number of nitrogens with one attached hydrogen (secondary N) is 1. The van der Waals surface area contributed by atoms with Gasteiger partial charge in [-0.05, 0) is 18.6 Å². The third kappa shape index (κ3) is 6.25. The van der Waals surface area contributed by atoms with E-state index in [1.54, 1.807) is 18.3 Å². The second-order valence-corrected chi connectivity index (χ2v) is 7.90.